The van der Waals surface area contributed by atoms with Crippen LogP contribution >= 0.6 is 10.7 Å². The lowest BCUT2D eigenvalue weighted by Crippen LogP contribution is -2.47. The summed E-state index contributed by atoms with van der Waals surface area (Å²) >= 11 is 0. The van der Waals surface area contributed by atoms with Crippen molar-refractivity contribution < 1.29 is 26.4 Å². The molecule has 4 nitrogen and oxygen atoms in total. The second-order valence-corrected chi connectivity index (χ2v) is 7.49. The fourth-order valence-corrected chi connectivity index (χ4v) is 3.12. The first-order valence-corrected chi connectivity index (χ1v) is 8.22. The summed E-state index contributed by atoms with van der Waals surface area (Å²) < 4.78 is 61.0. The molecule has 1 aromatic rings. The first-order chi connectivity index (χ1) is 9.46. The van der Waals surface area contributed by atoms with Gasteiger partial charge in [-0.1, -0.05) is 6.07 Å². The van der Waals surface area contributed by atoms with Crippen LogP contribution in [0.15, 0.2) is 23.1 Å². The van der Waals surface area contributed by atoms with Crippen LogP contribution in [0.2, 0.25) is 0 Å². The molecule has 0 radical (unpaired) electrons. The monoisotopic (exact) mass is 341 g/mol. The third kappa shape index (κ3) is 3.16. The molecule has 0 saturated heterocycles. The molecule has 1 aliphatic carbocycles. The summed E-state index contributed by atoms with van der Waals surface area (Å²) in [5.41, 5.74) is -2.08. The lowest BCUT2D eigenvalue weighted by molar-refractivity contribution is -0.163. The van der Waals surface area contributed by atoms with Crippen LogP contribution in [-0.4, -0.2) is 26.0 Å². The van der Waals surface area contributed by atoms with E-state index in [4.69, 9.17) is 10.7 Å². The molecule has 0 atom stereocenters. The van der Waals surface area contributed by atoms with Crippen molar-refractivity contribution in [2.45, 2.75) is 36.4 Å². The van der Waals surface area contributed by atoms with Gasteiger partial charge in [-0.15, -0.1) is 0 Å². The van der Waals surface area contributed by atoms with Gasteiger partial charge < -0.3 is 5.32 Å². The van der Waals surface area contributed by atoms with E-state index in [0.717, 1.165) is 6.07 Å². The topological polar surface area (TPSA) is 63.2 Å². The highest BCUT2D eigenvalue weighted by atomic mass is 35.7. The minimum atomic E-state index is -4.53. The number of hydrogen-bond donors (Lipinski definition) is 1. The average molecular weight is 342 g/mol. The van der Waals surface area contributed by atoms with E-state index in [2.05, 4.69) is 0 Å². The second kappa shape index (κ2) is 4.88. The zero-order valence-corrected chi connectivity index (χ0v) is 12.4. The van der Waals surface area contributed by atoms with E-state index >= 15 is 0 Å². The van der Waals surface area contributed by atoms with Crippen LogP contribution in [0.25, 0.3) is 0 Å². The minimum Gasteiger partial charge on any atom is -0.338 e. The Morgan fingerprint density at radius 2 is 1.90 bits per heavy atom. The molecule has 1 N–H and O–H groups in total. The molecule has 0 bridgehead atoms. The summed E-state index contributed by atoms with van der Waals surface area (Å²) in [4.78, 5) is 11.6. The number of carbonyl (C=O) groups excluding carboxylic acids is 1. The third-order valence-corrected chi connectivity index (χ3v) is 4.82. The number of carbonyl (C=O) groups is 1. The summed E-state index contributed by atoms with van der Waals surface area (Å²) in [7, 11) is 1.14. The van der Waals surface area contributed by atoms with Gasteiger partial charge in [-0.25, -0.2) is 8.42 Å². The van der Waals surface area contributed by atoms with Gasteiger partial charge in [-0.3, -0.25) is 4.79 Å². The SMILES string of the molecule is Cc1ccc(C(=O)NC2(C(F)(F)F)CC2)cc1S(=O)(=O)Cl. The van der Waals surface area contributed by atoms with Gasteiger partial charge in [0.1, 0.15) is 5.54 Å². The van der Waals surface area contributed by atoms with E-state index < -0.39 is 26.7 Å². The van der Waals surface area contributed by atoms with Crippen LogP contribution in [-0.2, 0) is 9.05 Å². The Balaban J connectivity index is 2.30. The molecule has 1 aromatic carbocycles. The number of alkyl halides is 3. The van der Waals surface area contributed by atoms with E-state index in [1.165, 1.54) is 19.1 Å². The molecule has 0 aromatic heterocycles. The molecule has 2 rings (SSSR count). The fraction of sp³-hybridized carbons (Fsp3) is 0.417. The highest BCUT2D eigenvalue weighted by Crippen LogP contribution is 2.49. The van der Waals surface area contributed by atoms with Gasteiger partial charge in [-0.05, 0) is 37.5 Å². The maximum absolute atomic E-state index is 12.8. The quantitative estimate of drug-likeness (QED) is 0.860. The molecule has 21 heavy (non-hydrogen) atoms. The first-order valence-electron chi connectivity index (χ1n) is 5.91. The van der Waals surface area contributed by atoms with E-state index in [1.54, 1.807) is 0 Å². The Kier molecular flexibility index (Phi) is 3.74. The third-order valence-electron chi connectivity index (χ3n) is 3.36. The maximum Gasteiger partial charge on any atom is 0.411 e. The Morgan fingerprint density at radius 3 is 2.33 bits per heavy atom. The van der Waals surface area contributed by atoms with Gasteiger partial charge in [0.15, 0.2) is 0 Å². The largest absolute Gasteiger partial charge is 0.411 e. The summed E-state index contributed by atoms with van der Waals surface area (Å²) in [6.45, 7) is 1.47. The zero-order chi connectivity index (χ0) is 16.1. The van der Waals surface area contributed by atoms with Crippen molar-refractivity contribution in [2.75, 3.05) is 0 Å². The van der Waals surface area contributed by atoms with E-state index in [9.17, 15) is 26.4 Å². The molecule has 1 aliphatic rings. The number of hydrogen-bond acceptors (Lipinski definition) is 3. The second-order valence-electron chi connectivity index (χ2n) is 4.95. The van der Waals surface area contributed by atoms with Crippen LogP contribution in [0.1, 0.15) is 28.8 Å². The predicted molar refractivity (Wildman–Crippen MR) is 69.7 cm³/mol. The smallest absolute Gasteiger partial charge is 0.338 e. The Hall–Kier alpha value is -1.28. The highest BCUT2D eigenvalue weighted by molar-refractivity contribution is 8.13. The van der Waals surface area contributed by atoms with Gasteiger partial charge in [0.05, 0.1) is 4.90 Å². The number of halogens is 4. The predicted octanol–water partition coefficient (Wildman–Crippen LogP) is 2.75. The lowest BCUT2D eigenvalue weighted by atomic mass is 10.1. The molecule has 1 amide bonds. The zero-order valence-electron chi connectivity index (χ0n) is 10.8. The fourth-order valence-electron chi connectivity index (χ4n) is 1.90. The van der Waals surface area contributed by atoms with Crippen LogP contribution in [0.3, 0.4) is 0 Å². The van der Waals surface area contributed by atoms with E-state index in [1.807, 2.05) is 5.32 Å². The molecule has 116 valence electrons. The number of rotatable bonds is 3. The molecule has 0 aliphatic heterocycles. The standard InChI is InChI=1S/C12H11ClF3NO3S/c1-7-2-3-8(6-9(7)21(13,19)20)10(18)17-11(4-5-11)12(14,15)16/h2-3,6H,4-5H2,1H3,(H,17,18). The number of nitrogens with one attached hydrogen (secondary N) is 1. The Bertz CT molecular complexity index is 696. The molecule has 0 unspecified atom stereocenters. The summed E-state index contributed by atoms with van der Waals surface area (Å²) in [5.74, 6) is -0.980. The van der Waals surface area contributed by atoms with Crippen LogP contribution in [0, 0.1) is 6.92 Å². The summed E-state index contributed by atoms with van der Waals surface area (Å²) in [6.07, 6.45) is -4.90. The van der Waals surface area contributed by atoms with E-state index in [-0.39, 0.29) is 23.3 Å². The normalized spacial score (nSPS) is 17.4. The van der Waals surface area contributed by atoms with Gasteiger partial charge in [-0.2, -0.15) is 13.2 Å². The van der Waals surface area contributed by atoms with E-state index in [0.29, 0.717) is 5.56 Å². The van der Waals surface area contributed by atoms with Crippen LogP contribution in [0.5, 0.6) is 0 Å². The summed E-state index contributed by atoms with van der Waals surface area (Å²) in [6, 6.07) is 3.54. The minimum absolute atomic E-state index is 0.185. The van der Waals surface area contributed by atoms with Crippen molar-refractivity contribution in [1.82, 2.24) is 5.32 Å². The van der Waals surface area contributed by atoms with Crippen molar-refractivity contribution in [3.8, 4) is 0 Å². The molecule has 9 heteroatoms. The highest BCUT2D eigenvalue weighted by Gasteiger charge is 2.64. The van der Waals surface area contributed by atoms with Crippen molar-refractivity contribution in [1.29, 1.82) is 0 Å². The number of amides is 1. The number of benzene rings is 1. The maximum atomic E-state index is 12.8. The molecular formula is C12H11ClF3NO3S. The Labute approximate surface area is 123 Å². The van der Waals surface area contributed by atoms with Gasteiger partial charge >= 0.3 is 6.18 Å². The average Bonchev–Trinajstić information content (AvgIpc) is 3.08. The molecule has 1 saturated carbocycles. The van der Waals surface area contributed by atoms with Gasteiger partial charge in [0, 0.05) is 16.2 Å². The molecule has 0 spiro atoms. The van der Waals surface area contributed by atoms with Crippen molar-refractivity contribution in [3.05, 3.63) is 29.3 Å². The summed E-state index contributed by atoms with van der Waals surface area (Å²) in [5, 5.41) is 1.92. The molecule has 0 heterocycles. The first kappa shape index (κ1) is 16.1. The van der Waals surface area contributed by atoms with Crippen molar-refractivity contribution in [2.24, 2.45) is 0 Å². The Morgan fingerprint density at radius 1 is 1.33 bits per heavy atom. The van der Waals surface area contributed by atoms with Crippen molar-refractivity contribution in [3.63, 3.8) is 0 Å². The van der Waals surface area contributed by atoms with Crippen LogP contribution in [0.4, 0.5) is 13.2 Å². The van der Waals surface area contributed by atoms with Gasteiger partial charge in [0.2, 0.25) is 0 Å². The van der Waals surface area contributed by atoms with Crippen molar-refractivity contribution >= 4 is 25.6 Å². The van der Waals surface area contributed by atoms with Crippen LogP contribution < -0.4 is 5.32 Å². The van der Waals surface area contributed by atoms with Gasteiger partial charge in [0.25, 0.3) is 15.0 Å². The molecular weight excluding hydrogens is 331 g/mol. The lowest BCUT2D eigenvalue weighted by Gasteiger charge is -2.20. The number of aryl methyl sites for hydroxylation is 1. The molecule has 1 fully saturated rings.